The molecule has 1 amide bonds. The second-order valence-electron chi connectivity index (χ2n) is 5.01. The standard InChI is InChI=1S/C19H20ClNO2S/c1-23-18-9-5-3-6-15(18)10-11-19(22)21-12-13-24-14-16-7-2-4-8-17(16)20/h2-11H,12-14H2,1H3,(H,21,22). The summed E-state index contributed by atoms with van der Waals surface area (Å²) in [5, 5.41) is 3.66. The minimum absolute atomic E-state index is 0.112. The largest absolute Gasteiger partial charge is 0.496 e. The predicted molar refractivity (Wildman–Crippen MR) is 103 cm³/mol. The van der Waals surface area contributed by atoms with E-state index in [1.54, 1.807) is 24.9 Å². The molecule has 0 unspecified atom stereocenters. The molecule has 2 rings (SSSR count). The molecule has 0 fully saturated rings. The van der Waals surface area contributed by atoms with Gasteiger partial charge in [-0.1, -0.05) is 48.0 Å². The number of halogens is 1. The maximum Gasteiger partial charge on any atom is 0.244 e. The van der Waals surface area contributed by atoms with Crippen LogP contribution in [0, 0.1) is 0 Å². The van der Waals surface area contributed by atoms with Crippen molar-refractivity contribution in [2.45, 2.75) is 5.75 Å². The topological polar surface area (TPSA) is 38.3 Å². The van der Waals surface area contributed by atoms with Crippen molar-refractivity contribution in [3.8, 4) is 5.75 Å². The number of nitrogens with one attached hydrogen (secondary N) is 1. The number of thioether (sulfide) groups is 1. The Balaban J connectivity index is 1.70. The smallest absolute Gasteiger partial charge is 0.244 e. The van der Waals surface area contributed by atoms with E-state index in [0.717, 1.165) is 33.4 Å². The van der Waals surface area contributed by atoms with Gasteiger partial charge >= 0.3 is 0 Å². The number of rotatable bonds is 8. The summed E-state index contributed by atoms with van der Waals surface area (Å²) in [6.07, 6.45) is 3.28. The summed E-state index contributed by atoms with van der Waals surface area (Å²) in [6, 6.07) is 15.4. The van der Waals surface area contributed by atoms with Crippen LogP contribution in [0.3, 0.4) is 0 Å². The second kappa shape index (κ2) is 10.1. The Bertz CT molecular complexity index is 703. The van der Waals surface area contributed by atoms with E-state index in [0.29, 0.717) is 6.54 Å². The van der Waals surface area contributed by atoms with Gasteiger partial charge in [0.25, 0.3) is 0 Å². The first-order chi connectivity index (χ1) is 11.7. The quantitative estimate of drug-likeness (QED) is 0.559. The van der Waals surface area contributed by atoms with E-state index in [-0.39, 0.29) is 5.91 Å². The van der Waals surface area contributed by atoms with Gasteiger partial charge in [-0.15, -0.1) is 0 Å². The molecule has 0 aliphatic rings. The highest BCUT2D eigenvalue weighted by Crippen LogP contribution is 2.20. The van der Waals surface area contributed by atoms with E-state index in [2.05, 4.69) is 5.32 Å². The molecule has 0 aromatic heterocycles. The van der Waals surface area contributed by atoms with Gasteiger partial charge in [0.2, 0.25) is 5.91 Å². The first kappa shape index (κ1) is 18.4. The first-order valence-electron chi connectivity index (χ1n) is 7.61. The molecule has 0 aliphatic heterocycles. The van der Waals surface area contributed by atoms with Gasteiger partial charge in [-0.3, -0.25) is 4.79 Å². The lowest BCUT2D eigenvalue weighted by atomic mass is 10.2. The summed E-state index contributed by atoms with van der Waals surface area (Å²) in [6.45, 7) is 0.615. The van der Waals surface area contributed by atoms with Gasteiger partial charge in [0, 0.05) is 34.7 Å². The van der Waals surface area contributed by atoms with Crippen LogP contribution in [0.2, 0.25) is 5.02 Å². The van der Waals surface area contributed by atoms with E-state index in [4.69, 9.17) is 16.3 Å². The number of hydrogen-bond acceptors (Lipinski definition) is 3. The molecule has 126 valence electrons. The molecule has 24 heavy (non-hydrogen) atoms. The van der Waals surface area contributed by atoms with Gasteiger partial charge in [0.15, 0.2) is 0 Å². The molecule has 5 heteroatoms. The number of carbonyl (C=O) groups excluding carboxylic acids is 1. The zero-order valence-electron chi connectivity index (χ0n) is 13.5. The van der Waals surface area contributed by atoms with E-state index in [1.807, 2.05) is 48.5 Å². The van der Waals surface area contributed by atoms with Crippen LogP contribution in [-0.4, -0.2) is 25.3 Å². The molecular formula is C19H20ClNO2S. The molecule has 0 aliphatic carbocycles. The van der Waals surface area contributed by atoms with Gasteiger partial charge in [-0.2, -0.15) is 11.8 Å². The Hall–Kier alpha value is -1.91. The molecule has 0 saturated heterocycles. The predicted octanol–water partition coefficient (Wildman–Crippen LogP) is 4.41. The molecule has 0 spiro atoms. The normalized spacial score (nSPS) is 10.8. The van der Waals surface area contributed by atoms with Crippen molar-refractivity contribution in [3.63, 3.8) is 0 Å². The lowest BCUT2D eigenvalue weighted by molar-refractivity contribution is -0.116. The number of amides is 1. The number of para-hydroxylation sites is 1. The van der Waals surface area contributed by atoms with Crippen LogP contribution in [0.15, 0.2) is 54.6 Å². The number of ether oxygens (including phenoxy) is 1. The maximum atomic E-state index is 11.8. The maximum absolute atomic E-state index is 11.8. The molecule has 1 N–H and O–H groups in total. The van der Waals surface area contributed by atoms with Crippen molar-refractivity contribution < 1.29 is 9.53 Å². The highest BCUT2D eigenvalue weighted by atomic mass is 35.5. The average molecular weight is 362 g/mol. The third-order valence-corrected chi connectivity index (χ3v) is 4.69. The fourth-order valence-corrected chi connectivity index (χ4v) is 3.22. The fourth-order valence-electron chi connectivity index (χ4n) is 2.07. The summed E-state index contributed by atoms with van der Waals surface area (Å²) < 4.78 is 5.25. The van der Waals surface area contributed by atoms with Crippen LogP contribution >= 0.6 is 23.4 Å². The van der Waals surface area contributed by atoms with E-state index in [9.17, 15) is 4.79 Å². The van der Waals surface area contributed by atoms with E-state index in [1.165, 1.54) is 6.08 Å². The van der Waals surface area contributed by atoms with Gasteiger partial charge in [-0.05, 0) is 23.8 Å². The lowest BCUT2D eigenvalue weighted by Gasteiger charge is -2.05. The van der Waals surface area contributed by atoms with Crippen molar-refractivity contribution in [2.75, 3.05) is 19.4 Å². The molecular weight excluding hydrogens is 342 g/mol. The SMILES string of the molecule is COc1ccccc1C=CC(=O)NCCSCc1ccccc1Cl. The van der Waals surface area contributed by atoms with Crippen LogP contribution in [0.5, 0.6) is 5.75 Å². The molecule has 0 heterocycles. The molecule has 2 aromatic rings. The van der Waals surface area contributed by atoms with Crippen molar-refractivity contribution in [2.24, 2.45) is 0 Å². The Morgan fingerprint density at radius 2 is 1.96 bits per heavy atom. The molecule has 0 radical (unpaired) electrons. The Morgan fingerprint density at radius 3 is 2.75 bits per heavy atom. The van der Waals surface area contributed by atoms with E-state index >= 15 is 0 Å². The zero-order chi connectivity index (χ0) is 17.2. The minimum Gasteiger partial charge on any atom is -0.496 e. The van der Waals surface area contributed by atoms with E-state index < -0.39 is 0 Å². The summed E-state index contributed by atoms with van der Waals surface area (Å²) in [7, 11) is 1.61. The number of benzene rings is 2. The zero-order valence-corrected chi connectivity index (χ0v) is 15.1. The lowest BCUT2D eigenvalue weighted by Crippen LogP contribution is -2.23. The fraction of sp³-hybridized carbons (Fsp3) is 0.211. The van der Waals surface area contributed by atoms with Crippen LogP contribution in [0.25, 0.3) is 6.08 Å². The van der Waals surface area contributed by atoms with Crippen LogP contribution in [0.1, 0.15) is 11.1 Å². The Kier molecular flexibility index (Phi) is 7.72. The van der Waals surface area contributed by atoms with Crippen molar-refractivity contribution in [3.05, 3.63) is 70.8 Å². The summed E-state index contributed by atoms with van der Waals surface area (Å²) in [5.74, 6) is 2.31. The number of hydrogen-bond donors (Lipinski definition) is 1. The first-order valence-corrected chi connectivity index (χ1v) is 9.14. The summed E-state index contributed by atoms with van der Waals surface area (Å²) >= 11 is 7.85. The van der Waals surface area contributed by atoms with Crippen LogP contribution < -0.4 is 10.1 Å². The molecule has 0 bridgehead atoms. The molecule has 2 aromatic carbocycles. The van der Waals surface area contributed by atoms with Crippen molar-refractivity contribution >= 4 is 35.3 Å². The Labute approximate surface area is 152 Å². The van der Waals surface area contributed by atoms with Gasteiger partial charge in [0.1, 0.15) is 5.75 Å². The highest BCUT2D eigenvalue weighted by molar-refractivity contribution is 7.98. The highest BCUT2D eigenvalue weighted by Gasteiger charge is 2.01. The molecule has 0 atom stereocenters. The summed E-state index contributed by atoms with van der Waals surface area (Å²) in [4.78, 5) is 11.8. The number of carbonyl (C=O) groups is 1. The van der Waals surface area contributed by atoms with Gasteiger partial charge in [0.05, 0.1) is 7.11 Å². The third-order valence-electron chi connectivity index (χ3n) is 3.31. The number of methoxy groups -OCH3 is 1. The van der Waals surface area contributed by atoms with Crippen LogP contribution in [0.4, 0.5) is 0 Å². The second-order valence-corrected chi connectivity index (χ2v) is 6.52. The summed E-state index contributed by atoms with van der Waals surface area (Å²) in [5.41, 5.74) is 2.00. The monoisotopic (exact) mass is 361 g/mol. The van der Waals surface area contributed by atoms with Crippen LogP contribution in [-0.2, 0) is 10.5 Å². The van der Waals surface area contributed by atoms with Crippen molar-refractivity contribution in [1.82, 2.24) is 5.32 Å². The third kappa shape index (κ3) is 5.95. The van der Waals surface area contributed by atoms with Gasteiger partial charge in [-0.25, -0.2) is 0 Å². The molecule has 0 saturated carbocycles. The van der Waals surface area contributed by atoms with Crippen molar-refractivity contribution in [1.29, 1.82) is 0 Å². The minimum atomic E-state index is -0.112. The Morgan fingerprint density at radius 1 is 1.21 bits per heavy atom. The average Bonchev–Trinajstić information content (AvgIpc) is 2.61. The van der Waals surface area contributed by atoms with Gasteiger partial charge < -0.3 is 10.1 Å². The molecule has 3 nitrogen and oxygen atoms in total.